The molecular weight excluding hydrogens is 669 g/mol. The number of aliphatic hydroxyl groups is 1. The lowest BCUT2D eigenvalue weighted by Crippen LogP contribution is -2.49. The van der Waals surface area contributed by atoms with Gasteiger partial charge in [0.1, 0.15) is 22.5 Å². The first-order valence-electron chi connectivity index (χ1n) is 15.8. The number of pyridine rings is 1. The SMILES string of the molecule is CC(C)(O)C#Cc1nc(N(C[C@H](Cc2ccc(C(F)(F)F)cc2)NC(=O)OC(C)(C)C)C(=O)OC(C)(C)C)sc1-c1ccc2cnccc2c1. The Morgan fingerprint density at radius 2 is 1.60 bits per heavy atom. The van der Waals surface area contributed by atoms with Gasteiger partial charge in [-0.05, 0) is 109 Å². The van der Waals surface area contributed by atoms with Gasteiger partial charge in [0.05, 0.1) is 23.0 Å². The molecule has 0 unspecified atom stereocenters. The largest absolute Gasteiger partial charge is 0.444 e. The first-order chi connectivity index (χ1) is 23.1. The van der Waals surface area contributed by atoms with Crippen LogP contribution in [0.25, 0.3) is 21.2 Å². The molecule has 1 atom stereocenters. The number of rotatable bonds is 7. The number of nitrogens with zero attached hydrogens (tertiary/aromatic N) is 3. The second-order valence-corrected chi connectivity index (χ2v) is 15.2. The minimum Gasteiger partial charge on any atom is -0.444 e. The number of carbonyl (C=O) groups is 2. The number of amides is 2. The topological polar surface area (TPSA) is 114 Å². The molecule has 0 aliphatic heterocycles. The van der Waals surface area contributed by atoms with E-state index in [4.69, 9.17) is 14.5 Å². The van der Waals surface area contributed by atoms with Crippen molar-refractivity contribution in [3.05, 3.63) is 77.7 Å². The highest BCUT2D eigenvalue weighted by Gasteiger charge is 2.32. The highest BCUT2D eigenvalue weighted by molar-refractivity contribution is 7.19. The van der Waals surface area contributed by atoms with E-state index in [0.717, 1.165) is 39.8 Å². The lowest BCUT2D eigenvalue weighted by molar-refractivity contribution is -0.137. The molecule has 0 spiro atoms. The predicted molar refractivity (Wildman–Crippen MR) is 188 cm³/mol. The molecule has 0 aliphatic rings. The van der Waals surface area contributed by atoms with E-state index in [1.165, 1.54) is 30.9 Å². The summed E-state index contributed by atoms with van der Waals surface area (Å²) in [6, 6.07) is 11.3. The van der Waals surface area contributed by atoms with E-state index in [1.807, 2.05) is 24.3 Å². The zero-order valence-corrected chi connectivity index (χ0v) is 30.0. The van der Waals surface area contributed by atoms with Crippen LogP contribution in [0.15, 0.2) is 60.9 Å². The number of carbonyl (C=O) groups excluding carboxylic acids is 2. The number of nitrogens with one attached hydrogen (secondary N) is 1. The third kappa shape index (κ3) is 11.2. The first kappa shape index (κ1) is 38.1. The number of aromatic nitrogens is 2. The van der Waals surface area contributed by atoms with Gasteiger partial charge in [-0.15, -0.1) is 0 Å². The molecule has 2 aromatic heterocycles. The summed E-state index contributed by atoms with van der Waals surface area (Å²) >= 11 is 1.16. The second kappa shape index (κ2) is 14.7. The highest BCUT2D eigenvalue weighted by atomic mass is 32.1. The Bertz CT molecular complexity index is 1890. The molecule has 0 bridgehead atoms. The van der Waals surface area contributed by atoms with Crippen LogP contribution in [0.4, 0.5) is 27.9 Å². The third-order valence-electron chi connectivity index (χ3n) is 6.74. The van der Waals surface area contributed by atoms with Crippen LogP contribution in [-0.2, 0) is 22.1 Å². The molecule has 0 saturated carbocycles. The van der Waals surface area contributed by atoms with Crippen molar-refractivity contribution in [3.8, 4) is 22.3 Å². The molecule has 0 radical (unpaired) electrons. The van der Waals surface area contributed by atoms with E-state index in [-0.39, 0.29) is 18.1 Å². The number of ether oxygens (including phenoxy) is 2. The van der Waals surface area contributed by atoms with Gasteiger partial charge in [0, 0.05) is 17.8 Å². The summed E-state index contributed by atoms with van der Waals surface area (Å²) in [5, 5.41) is 15.2. The Balaban J connectivity index is 1.82. The summed E-state index contributed by atoms with van der Waals surface area (Å²) in [4.78, 5) is 37.7. The molecule has 0 saturated heterocycles. The number of hydrogen-bond acceptors (Lipinski definition) is 8. The van der Waals surface area contributed by atoms with Crippen LogP contribution in [0.2, 0.25) is 0 Å². The monoisotopic (exact) mass is 710 g/mol. The van der Waals surface area contributed by atoms with Gasteiger partial charge in [0.2, 0.25) is 0 Å². The molecule has 2 N–H and O–H groups in total. The van der Waals surface area contributed by atoms with Crippen LogP contribution in [0.5, 0.6) is 0 Å². The van der Waals surface area contributed by atoms with Crippen molar-refractivity contribution in [2.24, 2.45) is 0 Å². The summed E-state index contributed by atoms with van der Waals surface area (Å²) in [7, 11) is 0. The average Bonchev–Trinajstić information content (AvgIpc) is 3.40. The van der Waals surface area contributed by atoms with E-state index < -0.39 is 46.8 Å². The zero-order valence-electron chi connectivity index (χ0n) is 29.2. The van der Waals surface area contributed by atoms with Crippen LogP contribution in [-0.4, -0.2) is 56.7 Å². The highest BCUT2D eigenvalue weighted by Crippen LogP contribution is 2.37. The Morgan fingerprint density at radius 3 is 2.20 bits per heavy atom. The molecule has 4 aromatic rings. The van der Waals surface area contributed by atoms with Crippen molar-refractivity contribution in [3.63, 3.8) is 0 Å². The average molecular weight is 711 g/mol. The third-order valence-corrected chi connectivity index (χ3v) is 7.86. The number of thiazole rings is 1. The minimum absolute atomic E-state index is 0.0407. The van der Waals surface area contributed by atoms with Crippen LogP contribution in [0, 0.1) is 11.8 Å². The molecule has 50 heavy (non-hydrogen) atoms. The predicted octanol–water partition coefficient (Wildman–Crippen LogP) is 8.38. The van der Waals surface area contributed by atoms with E-state index in [9.17, 15) is 27.9 Å². The molecule has 0 aliphatic carbocycles. The van der Waals surface area contributed by atoms with Crippen LogP contribution in [0.1, 0.15) is 72.2 Å². The molecule has 0 fully saturated rings. The van der Waals surface area contributed by atoms with Crippen molar-refractivity contribution >= 4 is 39.4 Å². The number of alkyl carbamates (subject to hydrolysis) is 1. The Kier molecular flexibility index (Phi) is 11.2. The van der Waals surface area contributed by atoms with Gasteiger partial charge in [-0.1, -0.05) is 41.5 Å². The van der Waals surface area contributed by atoms with Crippen molar-refractivity contribution in [1.82, 2.24) is 15.3 Å². The summed E-state index contributed by atoms with van der Waals surface area (Å²) in [6.45, 7) is 13.1. The molecule has 2 aromatic carbocycles. The van der Waals surface area contributed by atoms with E-state index in [2.05, 4.69) is 22.1 Å². The van der Waals surface area contributed by atoms with Gasteiger partial charge in [-0.3, -0.25) is 9.88 Å². The van der Waals surface area contributed by atoms with E-state index >= 15 is 0 Å². The number of benzene rings is 2. The maximum atomic E-state index is 13.9. The quantitative estimate of drug-likeness (QED) is 0.185. The molecule has 13 heteroatoms. The number of hydrogen-bond donors (Lipinski definition) is 2. The zero-order chi connectivity index (χ0) is 37.1. The minimum atomic E-state index is -4.52. The van der Waals surface area contributed by atoms with Crippen LogP contribution < -0.4 is 10.2 Å². The fourth-order valence-corrected chi connectivity index (χ4v) is 5.68. The lowest BCUT2D eigenvalue weighted by atomic mass is 10.0. The van der Waals surface area contributed by atoms with Crippen molar-refractivity contribution in [2.75, 3.05) is 11.4 Å². The molecule has 266 valence electrons. The number of halogens is 3. The van der Waals surface area contributed by atoms with E-state index in [1.54, 1.807) is 53.9 Å². The normalized spacial score (nSPS) is 12.9. The molecule has 2 amide bonds. The summed E-state index contributed by atoms with van der Waals surface area (Å²) in [5.74, 6) is 5.75. The molecule has 2 heterocycles. The lowest BCUT2D eigenvalue weighted by Gasteiger charge is -2.30. The maximum absolute atomic E-state index is 13.9. The second-order valence-electron chi connectivity index (χ2n) is 14.3. The number of fused-ring (bicyclic) bond motifs is 1. The fraction of sp³-hybridized carbons (Fsp3) is 0.405. The van der Waals surface area contributed by atoms with Gasteiger partial charge >= 0.3 is 18.4 Å². The Labute approximate surface area is 293 Å². The Morgan fingerprint density at radius 1 is 0.940 bits per heavy atom. The van der Waals surface area contributed by atoms with Gasteiger partial charge in [-0.25, -0.2) is 14.6 Å². The van der Waals surface area contributed by atoms with Crippen LogP contribution >= 0.6 is 11.3 Å². The van der Waals surface area contributed by atoms with Gasteiger partial charge in [0.25, 0.3) is 0 Å². The standard InChI is InChI=1S/C37H41F3N4O5S/c1-34(2,3)48-32(45)42-28(19-23-9-13-27(14-10-23)37(38,39)40)22-44(33(46)49-35(4,5)6)31-43-29(15-17-36(7,8)47)30(50-31)25-11-12-26-21-41-18-16-24(26)20-25/h9-14,16,18,20-21,28,47H,19,22H2,1-8H3,(H,42,45)/t28-/m0/s1. The molecular formula is C37H41F3N4O5S. The van der Waals surface area contributed by atoms with Gasteiger partial charge in [-0.2, -0.15) is 13.2 Å². The van der Waals surface area contributed by atoms with Crippen LogP contribution in [0.3, 0.4) is 0 Å². The summed E-state index contributed by atoms with van der Waals surface area (Å²) < 4.78 is 51.1. The smallest absolute Gasteiger partial charge is 0.416 e. The van der Waals surface area contributed by atoms with Crippen molar-refractivity contribution in [2.45, 2.75) is 90.8 Å². The fourth-order valence-electron chi connectivity index (χ4n) is 4.66. The molecule has 4 rings (SSSR count). The van der Waals surface area contributed by atoms with E-state index in [0.29, 0.717) is 16.1 Å². The number of alkyl halides is 3. The Hall–Kier alpha value is -4.67. The van der Waals surface area contributed by atoms with Gasteiger partial charge < -0.3 is 19.9 Å². The molecule has 9 nitrogen and oxygen atoms in total. The maximum Gasteiger partial charge on any atom is 0.416 e. The summed E-state index contributed by atoms with van der Waals surface area (Å²) in [5.41, 5.74) is -2.38. The number of anilines is 1. The van der Waals surface area contributed by atoms with Crippen molar-refractivity contribution < 1.29 is 37.3 Å². The summed E-state index contributed by atoms with van der Waals surface area (Å²) in [6.07, 6.45) is -2.60. The van der Waals surface area contributed by atoms with Gasteiger partial charge in [0.15, 0.2) is 5.13 Å². The van der Waals surface area contributed by atoms with Crippen molar-refractivity contribution in [1.29, 1.82) is 0 Å². The first-order valence-corrected chi connectivity index (χ1v) is 16.6.